The lowest BCUT2D eigenvalue weighted by atomic mass is 9.97. The second kappa shape index (κ2) is 8.65. The first kappa shape index (κ1) is 19.5. The number of methoxy groups -OCH3 is 3. The van der Waals surface area contributed by atoms with Crippen molar-refractivity contribution in [1.82, 2.24) is 5.32 Å². The molecule has 0 aliphatic heterocycles. The number of fused-ring (bicyclic) bond motifs is 1. The molecule has 28 heavy (non-hydrogen) atoms. The minimum absolute atomic E-state index is 0.0327. The third kappa shape index (κ3) is 4.36. The molecule has 0 unspecified atom stereocenters. The van der Waals surface area contributed by atoms with E-state index in [1.807, 2.05) is 55.5 Å². The van der Waals surface area contributed by atoms with Crippen molar-refractivity contribution in [2.75, 3.05) is 21.3 Å². The van der Waals surface area contributed by atoms with Crippen molar-refractivity contribution in [3.05, 3.63) is 65.7 Å². The van der Waals surface area contributed by atoms with Crippen molar-refractivity contribution in [3.8, 4) is 17.2 Å². The molecule has 3 rings (SSSR count). The van der Waals surface area contributed by atoms with Gasteiger partial charge in [0.1, 0.15) is 17.2 Å². The number of ether oxygens (including phenoxy) is 3. The third-order valence-corrected chi connectivity index (χ3v) is 4.84. The van der Waals surface area contributed by atoms with Crippen LogP contribution in [0.5, 0.6) is 17.2 Å². The van der Waals surface area contributed by atoms with E-state index in [1.54, 1.807) is 27.4 Å². The number of nitrogens with one attached hydrogen (secondary N) is 1. The van der Waals surface area contributed by atoms with Crippen molar-refractivity contribution >= 4 is 16.7 Å². The standard InChI is InChI=1S/C23H25NO4/c1-15(17-5-6-19-12-20(26-2)8-7-18(19)11-17)23(25)24-14-16-9-21(27-3)13-22(10-16)28-4/h5-13,15H,14H2,1-4H3,(H,24,25)/t15-/m0/s1. The molecular formula is C23H25NO4. The molecule has 0 aliphatic rings. The summed E-state index contributed by atoms with van der Waals surface area (Å²) in [7, 11) is 4.86. The number of hydrogen-bond acceptors (Lipinski definition) is 4. The SMILES string of the molecule is COc1cc(CNC(=O)[C@@H](C)c2ccc3cc(OC)ccc3c2)cc(OC)c1. The van der Waals surface area contributed by atoms with Crippen molar-refractivity contribution < 1.29 is 19.0 Å². The van der Waals surface area contributed by atoms with Crippen LogP contribution in [0.2, 0.25) is 0 Å². The van der Waals surface area contributed by atoms with Crippen LogP contribution in [0, 0.1) is 0 Å². The summed E-state index contributed by atoms with van der Waals surface area (Å²) >= 11 is 0. The lowest BCUT2D eigenvalue weighted by Gasteiger charge is -2.14. The van der Waals surface area contributed by atoms with Gasteiger partial charge in [0, 0.05) is 12.6 Å². The zero-order valence-corrected chi connectivity index (χ0v) is 16.6. The molecule has 146 valence electrons. The van der Waals surface area contributed by atoms with E-state index >= 15 is 0 Å². The molecule has 5 nitrogen and oxygen atoms in total. The van der Waals surface area contributed by atoms with Crippen LogP contribution in [0.3, 0.4) is 0 Å². The maximum absolute atomic E-state index is 12.7. The van der Waals surface area contributed by atoms with Gasteiger partial charge in [-0.3, -0.25) is 4.79 Å². The number of rotatable bonds is 7. The summed E-state index contributed by atoms with van der Waals surface area (Å²) < 4.78 is 15.8. The van der Waals surface area contributed by atoms with Gasteiger partial charge in [-0.2, -0.15) is 0 Å². The van der Waals surface area contributed by atoms with Crippen molar-refractivity contribution in [3.63, 3.8) is 0 Å². The number of carbonyl (C=O) groups excluding carboxylic acids is 1. The van der Waals surface area contributed by atoms with Gasteiger partial charge in [0.25, 0.3) is 0 Å². The van der Waals surface area contributed by atoms with Gasteiger partial charge < -0.3 is 19.5 Å². The lowest BCUT2D eigenvalue weighted by Crippen LogP contribution is -2.27. The predicted octanol–water partition coefficient (Wildman–Crippen LogP) is 4.29. The minimum atomic E-state index is -0.265. The van der Waals surface area contributed by atoms with Crippen LogP contribution in [-0.4, -0.2) is 27.2 Å². The molecular weight excluding hydrogens is 354 g/mol. The molecule has 0 aliphatic carbocycles. The van der Waals surface area contributed by atoms with E-state index in [0.717, 1.165) is 27.6 Å². The summed E-state index contributed by atoms with van der Waals surface area (Å²) in [5.41, 5.74) is 1.89. The Kier molecular flexibility index (Phi) is 6.04. The van der Waals surface area contributed by atoms with E-state index in [4.69, 9.17) is 14.2 Å². The third-order valence-electron chi connectivity index (χ3n) is 4.84. The first-order chi connectivity index (χ1) is 13.5. The van der Waals surface area contributed by atoms with Crippen LogP contribution in [0.15, 0.2) is 54.6 Å². The van der Waals surface area contributed by atoms with E-state index in [9.17, 15) is 4.79 Å². The fourth-order valence-electron chi connectivity index (χ4n) is 3.10. The van der Waals surface area contributed by atoms with Gasteiger partial charge in [-0.25, -0.2) is 0 Å². The average molecular weight is 379 g/mol. The molecule has 0 aromatic heterocycles. The van der Waals surface area contributed by atoms with Gasteiger partial charge in [-0.15, -0.1) is 0 Å². The Morgan fingerprint density at radius 3 is 2.07 bits per heavy atom. The molecule has 0 bridgehead atoms. The first-order valence-electron chi connectivity index (χ1n) is 9.11. The molecule has 0 radical (unpaired) electrons. The van der Waals surface area contributed by atoms with Crippen molar-refractivity contribution in [1.29, 1.82) is 0 Å². The Labute approximate surface area is 165 Å². The van der Waals surface area contributed by atoms with Crippen LogP contribution in [-0.2, 0) is 11.3 Å². The van der Waals surface area contributed by atoms with Gasteiger partial charge in [0.2, 0.25) is 5.91 Å². The molecule has 1 amide bonds. The quantitative estimate of drug-likeness (QED) is 0.665. The molecule has 0 saturated heterocycles. The normalized spacial score (nSPS) is 11.7. The highest BCUT2D eigenvalue weighted by molar-refractivity contribution is 5.88. The summed E-state index contributed by atoms with van der Waals surface area (Å²) in [6.45, 7) is 2.31. The van der Waals surface area contributed by atoms with Gasteiger partial charge in [0.05, 0.1) is 27.2 Å². The van der Waals surface area contributed by atoms with Crippen LogP contribution in [0.4, 0.5) is 0 Å². The van der Waals surface area contributed by atoms with E-state index < -0.39 is 0 Å². The molecule has 3 aromatic rings. The Morgan fingerprint density at radius 2 is 1.43 bits per heavy atom. The number of carbonyl (C=O) groups is 1. The molecule has 0 heterocycles. The number of hydrogen-bond donors (Lipinski definition) is 1. The molecule has 1 atom stereocenters. The smallest absolute Gasteiger partial charge is 0.227 e. The van der Waals surface area contributed by atoms with E-state index in [0.29, 0.717) is 18.0 Å². The highest BCUT2D eigenvalue weighted by Gasteiger charge is 2.16. The Bertz CT molecular complexity index is 961. The van der Waals surface area contributed by atoms with E-state index in [1.165, 1.54) is 0 Å². The minimum Gasteiger partial charge on any atom is -0.497 e. The van der Waals surface area contributed by atoms with Gasteiger partial charge >= 0.3 is 0 Å². The van der Waals surface area contributed by atoms with Gasteiger partial charge in [-0.1, -0.05) is 24.3 Å². The van der Waals surface area contributed by atoms with Crippen molar-refractivity contribution in [2.45, 2.75) is 19.4 Å². The molecule has 1 N–H and O–H groups in total. The summed E-state index contributed by atoms with van der Waals surface area (Å²) in [4.78, 5) is 12.7. The Balaban J connectivity index is 1.71. The zero-order chi connectivity index (χ0) is 20.1. The van der Waals surface area contributed by atoms with Gasteiger partial charge in [-0.05, 0) is 53.1 Å². The first-order valence-corrected chi connectivity index (χ1v) is 9.11. The van der Waals surface area contributed by atoms with Crippen molar-refractivity contribution in [2.24, 2.45) is 0 Å². The zero-order valence-electron chi connectivity index (χ0n) is 16.6. The maximum Gasteiger partial charge on any atom is 0.227 e. The highest BCUT2D eigenvalue weighted by Crippen LogP contribution is 2.26. The maximum atomic E-state index is 12.7. The molecule has 5 heteroatoms. The lowest BCUT2D eigenvalue weighted by molar-refractivity contribution is -0.122. The predicted molar refractivity (Wildman–Crippen MR) is 110 cm³/mol. The fraction of sp³-hybridized carbons (Fsp3) is 0.261. The number of amides is 1. The average Bonchev–Trinajstić information content (AvgIpc) is 2.75. The van der Waals surface area contributed by atoms with Crippen LogP contribution < -0.4 is 19.5 Å². The largest absolute Gasteiger partial charge is 0.497 e. The second-order valence-electron chi connectivity index (χ2n) is 6.63. The molecule has 0 saturated carbocycles. The van der Waals surface area contributed by atoms with Crippen LogP contribution in [0.25, 0.3) is 10.8 Å². The van der Waals surface area contributed by atoms with E-state index in [2.05, 4.69) is 5.32 Å². The fourth-order valence-corrected chi connectivity index (χ4v) is 3.10. The monoisotopic (exact) mass is 379 g/mol. The Morgan fingerprint density at radius 1 is 0.821 bits per heavy atom. The van der Waals surface area contributed by atoms with E-state index in [-0.39, 0.29) is 11.8 Å². The number of benzene rings is 3. The second-order valence-corrected chi connectivity index (χ2v) is 6.63. The molecule has 0 fully saturated rings. The van der Waals surface area contributed by atoms with Gasteiger partial charge in [0.15, 0.2) is 0 Å². The highest BCUT2D eigenvalue weighted by atomic mass is 16.5. The molecule has 3 aromatic carbocycles. The molecule has 0 spiro atoms. The summed E-state index contributed by atoms with van der Waals surface area (Å²) in [6, 6.07) is 17.5. The van der Waals surface area contributed by atoms with Crippen LogP contribution >= 0.6 is 0 Å². The Hall–Kier alpha value is -3.21. The summed E-state index contributed by atoms with van der Waals surface area (Å²) in [5, 5.41) is 5.16. The van der Waals surface area contributed by atoms with Crippen LogP contribution in [0.1, 0.15) is 24.0 Å². The summed E-state index contributed by atoms with van der Waals surface area (Å²) in [6.07, 6.45) is 0. The topological polar surface area (TPSA) is 56.8 Å². The summed E-state index contributed by atoms with van der Waals surface area (Å²) in [5.74, 6) is 1.91.